The summed E-state index contributed by atoms with van der Waals surface area (Å²) in [5.41, 5.74) is 2.80. The largest absolute Gasteiger partial charge is 0.268 e. The monoisotopic (exact) mass is 478 g/mol. The molecule has 1 aliphatic carbocycles. The number of nitrogens with zero attached hydrogens (tertiary/aromatic N) is 2. The molecule has 0 aliphatic heterocycles. The van der Waals surface area contributed by atoms with Gasteiger partial charge in [0, 0.05) is 10.6 Å². The van der Waals surface area contributed by atoms with Crippen LogP contribution in [0.2, 0.25) is 0 Å². The topological polar surface area (TPSA) is 34.9 Å². The number of hydrogen-bond donors (Lipinski definition) is 0. The highest BCUT2D eigenvalue weighted by molar-refractivity contribution is 7.98. The second-order valence-corrected chi connectivity index (χ2v) is 11.8. The van der Waals surface area contributed by atoms with Gasteiger partial charge in [-0.25, -0.2) is 9.37 Å². The summed E-state index contributed by atoms with van der Waals surface area (Å²) < 4.78 is 15.9. The van der Waals surface area contributed by atoms with Gasteiger partial charge < -0.3 is 0 Å². The molecule has 4 aromatic rings. The molecule has 6 heteroatoms. The van der Waals surface area contributed by atoms with Crippen LogP contribution in [0.15, 0.2) is 64.5 Å². The summed E-state index contributed by atoms with van der Waals surface area (Å²) in [6.45, 7) is 6.90. The first kappa shape index (κ1) is 22.4. The van der Waals surface area contributed by atoms with Crippen molar-refractivity contribution in [2.75, 3.05) is 0 Å². The highest BCUT2D eigenvalue weighted by atomic mass is 32.2. The van der Waals surface area contributed by atoms with Gasteiger partial charge >= 0.3 is 0 Å². The van der Waals surface area contributed by atoms with E-state index in [4.69, 9.17) is 4.98 Å². The molecule has 0 saturated heterocycles. The smallest absolute Gasteiger partial charge is 0.267 e. The summed E-state index contributed by atoms with van der Waals surface area (Å²) in [7, 11) is 0. The van der Waals surface area contributed by atoms with Gasteiger partial charge in [-0.2, -0.15) is 0 Å². The quantitative estimate of drug-likeness (QED) is 0.233. The predicted octanol–water partition coefficient (Wildman–Crippen LogP) is 7.03. The van der Waals surface area contributed by atoms with Crippen LogP contribution >= 0.6 is 23.1 Å². The lowest BCUT2D eigenvalue weighted by Crippen LogP contribution is -2.27. The van der Waals surface area contributed by atoms with E-state index in [2.05, 4.69) is 20.8 Å². The number of thiophene rings is 1. The third-order valence-corrected chi connectivity index (χ3v) is 8.74. The number of halogens is 1. The number of hydrogen-bond acceptors (Lipinski definition) is 4. The Bertz CT molecular complexity index is 1370. The van der Waals surface area contributed by atoms with E-state index in [1.54, 1.807) is 28.0 Å². The molecule has 33 heavy (non-hydrogen) atoms. The standard InChI is InChI=1S/C27H27FN2OS2/c1-27(2,3)18-13-14-20-22(15-18)33-24-23(20)25(31)30(19-10-5-4-6-11-19)26(29-24)32-16-17-9-7-8-12-21(17)28/h4-12,18H,13-16H2,1-3H3/t18-/m1/s1. The first-order valence-corrected chi connectivity index (χ1v) is 13.1. The minimum Gasteiger partial charge on any atom is -0.268 e. The number of thioether (sulfide) groups is 1. The summed E-state index contributed by atoms with van der Waals surface area (Å²) in [5.74, 6) is 0.776. The first-order chi connectivity index (χ1) is 15.8. The fourth-order valence-electron chi connectivity index (χ4n) is 4.60. The zero-order chi connectivity index (χ0) is 23.2. The number of fused-ring (bicyclic) bond motifs is 3. The molecular formula is C27H27FN2OS2. The Labute approximate surface area is 201 Å². The maximum atomic E-state index is 14.2. The van der Waals surface area contributed by atoms with Crippen LogP contribution in [-0.4, -0.2) is 9.55 Å². The molecular weight excluding hydrogens is 451 g/mol. The van der Waals surface area contributed by atoms with Crippen LogP contribution in [0.4, 0.5) is 4.39 Å². The normalized spacial score (nSPS) is 16.2. The highest BCUT2D eigenvalue weighted by Gasteiger charge is 2.32. The molecule has 0 saturated carbocycles. The molecule has 2 aromatic carbocycles. The van der Waals surface area contributed by atoms with Gasteiger partial charge in [-0.05, 0) is 59.9 Å². The Hall–Kier alpha value is -2.44. The van der Waals surface area contributed by atoms with Gasteiger partial charge in [-0.3, -0.25) is 9.36 Å². The number of rotatable bonds is 4. The molecule has 1 atom stereocenters. The summed E-state index contributed by atoms with van der Waals surface area (Å²) in [6.07, 6.45) is 3.02. The second kappa shape index (κ2) is 8.73. The van der Waals surface area contributed by atoms with Crippen LogP contribution < -0.4 is 5.56 Å². The molecule has 2 heterocycles. The lowest BCUT2D eigenvalue weighted by Gasteiger charge is -2.33. The lowest BCUT2D eigenvalue weighted by molar-refractivity contribution is 0.218. The molecule has 0 fully saturated rings. The lowest BCUT2D eigenvalue weighted by atomic mass is 9.72. The summed E-state index contributed by atoms with van der Waals surface area (Å²) in [5, 5.41) is 1.37. The average molecular weight is 479 g/mol. The van der Waals surface area contributed by atoms with Crippen molar-refractivity contribution >= 4 is 33.3 Å². The van der Waals surface area contributed by atoms with Gasteiger partial charge in [0.05, 0.1) is 11.1 Å². The van der Waals surface area contributed by atoms with Crippen molar-refractivity contribution in [3.05, 3.63) is 86.8 Å². The van der Waals surface area contributed by atoms with Gasteiger partial charge in [0.1, 0.15) is 10.6 Å². The fourth-order valence-corrected chi connectivity index (χ4v) is 6.94. The van der Waals surface area contributed by atoms with Crippen molar-refractivity contribution in [1.82, 2.24) is 9.55 Å². The predicted molar refractivity (Wildman–Crippen MR) is 136 cm³/mol. The molecule has 0 unspecified atom stereocenters. The summed E-state index contributed by atoms with van der Waals surface area (Å²) >= 11 is 3.07. The Morgan fingerprint density at radius 1 is 1.12 bits per heavy atom. The van der Waals surface area contributed by atoms with Crippen molar-refractivity contribution in [3.8, 4) is 5.69 Å². The summed E-state index contributed by atoms with van der Waals surface area (Å²) in [4.78, 5) is 21.0. The van der Waals surface area contributed by atoms with Crippen LogP contribution in [0.5, 0.6) is 0 Å². The molecule has 0 spiro atoms. The van der Waals surface area contributed by atoms with E-state index in [1.165, 1.54) is 28.3 Å². The third kappa shape index (κ3) is 4.26. The molecule has 170 valence electrons. The SMILES string of the molecule is CC(C)(C)[C@@H]1CCc2c(sc3nc(SCc4ccccc4F)n(-c4ccccc4)c(=O)c23)C1. The van der Waals surface area contributed by atoms with E-state index in [-0.39, 0.29) is 16.8 Å². The van der Waals surface area contributed by atoms with Crippen LogP contribution in [-0.2, 0) is 18.6 Å². The van der Waals surface area contributed by atoms with E-state index >= 15 is 0 Å². The number of aromatic nitrogens is 2. The van der Waals surface area contributed by atoms with Crippen LogP contribution in [0.3, 0.4) is 0 Å². The third-order valence-electron chi connectivity index (χ3n) is 6.61. The van der Waals surface area contributed by atoms with Gasteiger partial charge in [0.2, 0.25) is 0 Å². The number of para-hydroxylation sites is 1. The molecule has 3 nitrogen and oxygen atoms in total. The Morgan fingerprint density at radius 3 is 2.58 bits per heavy atom. The first-order valence-electron chi connectivity index (χ1n) is 11.3. The molecule has 5 rings (SSSR count). The highest BCUT2D eigenvalue weighted by Crippen LogP contribution is 2.42. The molecule has 0 amide bonds. The Balaban J connectivity index is 1.63. The van der Waals surface area contributed by atoms with E-state index < -0.39 is 0 Å². The van der Waals surface area contributed by atoms with Crippen molar-refractivity contribution < 1.29 is 4.39 Å². The molecule has 0 radical (unpaired) electrons. The van der Waals surface area contributed by atoms with Gasteiger partial charge in [0.25, 0.3) is 5.56 Å². The Kier molecular flexibility index (Phi) is 5.91. The van der Waals surface area contributed by atoms with Crippen molar-refractivity contribution in [2.24, 2.45) is 11.3 Å². The molecule has 0 N–H and O–H groups in total. The zero-order valence-corrected chi connectivity index (χ0v) is 20.7. The van der Waals surface area contributed by atoms with Crippen LogP contribution in [0.25, 0.3) is 15.9 Å². The van der Waals surface area contributed by atoms with E-state index in [9.17, 15) is 9.18 Å². The van der Waals surface area contributed by atoms with Crippen molar-refractivity contribution in [1.29, 1.82) is 0 Å². The molecule has 0 bridgehead atoms. The van der Waals surface area contributed by atoms with Gasteiger partial charge in [0.15, 0.2) is 5.16 Å². The van der Waals surface area contributed by atoms with E-state index in [1.807, 2.05) is 36.4 Å². The van der Waals surface area contributed by atoms with Gasteiger partial charge in [-0.15, -0.1) is 11.3 Å². The van der Waals surface area contributed by atoms with Gasteiger partial charge in [-0.1, -0.05) is 68.9 Å². The van der Waals surface area contributed by atoms with E-state index in [0.717, 1.165) is 35.2 Å². The van der Waals surface area contributed by atoms with Crippen LogP contribution in [0, 0.1) is 17.2 Å². The van der Waals surface area contributed by atoms with Crippen LogP contribution in [0.1, 0.15) is 43.2 Å². The van der Waals surface area contributed by atoms with Crippen molar-refractivity contribution in [2.45, 2.75) is 50.9 Å². The molecule has 2 aromatic heterocycles. The summed E-state index contributed by atoms with van der Waals surface area (Å²) in [6, 6.07) is 16.4. The Morgan fingerprint density at radius 2 is 1.85 bits per heavy atom. The van der Waals surface area contributed by atoms with E-state index in [0.29, 0.717) is 22.4 Å². The minimum atomic E-state index is -0.237. The van der Waals surface area contributed by atoms with Crippen molar-refractivity contribution in [3.63, 3.8) is 0 Å². The number of aryl methyl sites for hydroxylation is 1. The number of benzene rings is 2. The zero-order valence-electron chi connectivity index (χ0n) is 19.1. The maximum absolute atomic E-state index is 14.2. The minimum absolute atomic E-state index is 0.0195. The fraction of sp³-hybridized carbons (Fsp3) is 0.333. The maximum Gasteiger partial charge on any atom is 0.267 e. The second-order valence-electron chi connectivity index (χ2n) is 9.74. The average Bonchev–Trinajstić information content (AvgIpc) is 3.16. The molecule has 1 aliphatic rings.